The standard InChI is InChI=1S/C11H18O/c1-4-10(12)9-5-7-11(2,3)8-6-9/h1,9-10,12H,5-8H2,2-3H3/t10-/m1/s1. The molecule has 1 heteroatoms. The van der Waals surface area contributed by atoms with Crippen molar-refractivity contribution in [2.45, 2.75) is 45.6 Å². The van der Waals surface area contributed by atoms with Gasteiger partial charge < -0.3 is 5.11 Å². The second kappa shape index (κ2) is 3.49. The van der Waals surface area contributed by atoms with Crippen molar-refractivity contribution in [3.8, 4) is 12.3 Å². The lowest BCUT2D eigenvalue weighted by Gasteiger charge is -2.35. The summed E-state index contributed by atoms with van der Waals surface area (Å²) in [5.41, 5.74) is 0.463. The molecule has 0 radical (unpaired) electrons. The fraction of sp³-hybridized carbons (Fsp3) is 0.818. The van der Waals surface area contributed by atoms with E-state index in [-0.39, 0.29) is 0 Å². The van der Waals surface area contributed by atoms with Crippen LogP contribution in [-0.2, 0) is 0 Å². The maximum absolute atomic E-state index is 9.42. The first-order chi connectivity index (χ1) is 5.55. The van der Waals surface area contributed by atoms with Crippen LogP contribution in [0.15, 0.2) is 0 Å². The molecule has 68 valence electrons. The average molecular weight is 166 g/mol. The summed E-state index contributed by atoms with van der Waals surface area (Å²) in [5, 5.41) is 9.42. The summed E-state index contributed by atoms with van der Waals surface area (Å²) >= 11 is 0. The normalized spacial score (nSPS) is 26.2. The smallest absolute Gasteiger partial charge is 0.117 e. The predicted molar refractivity (Wildman–Crippen MR) is 50.6 cm³/mol. The van der Waals surface area contributed by atoms with Gasteiger partial charge in [0, 0.05) is 0 Å². The summed E-state index contributed by atoms with van der Waals surface area (Å²) in [4.78, 5) is 0. The maximum Gasteiger partial charge on any atom is 0.117 e. The van der Waals surface area contributed by atoms with E-state index in [2.05, 4.69) is 19.8 Å². The Kier molecular flexibility index (Phi) is 2.80. The molecule has 0 heterocycles. The van der Waals surface area contributed by atoms with Crippen LogP contribution in [-0.4, -0.2) is 11.2 Å². The molecule has 1 atom stereocenters. The van der Waals surface area contributed by atoms with Crippen molar-refractivity contribution in [2.75, 3.05) is 0 Å². The molecular formula is C11H18O. The molecule has 0 aromatic heterocycles. The van der Waals surface area contributed by atoms with Gasteiger partial charge in [0.25, 0.3) is 0 Å². The highest BCUT2D eigenvalue weighted by Crippen LogP contribution is 2.38. The Morgan fingerprint density at radius 3 is 2.33 bits per heavy atom. The Balaban J connectivity index is 2.42. The van der Waals surface area contributed by atoms with E-state index in [1.165, 1.54) is 12.8 Å². The van der Waals surface area contributed by atoms with Gasteiger partial charge in [0.1, 0.15) is 6.10 Å². The zero-order valence-electron chi connectivity index (χ0n) is 8.01. The minimum atomic E-state index is -0.513. The molecule has 1 saturated carbocycles. The van der Waals surface area contributed by atoms with Crippen LogP contribution in [0.1, 0.15) is 39.5 Å². The Hall–Kier alpha value is -0.480. The van der Waals surface area contributed by atoms with Crippen LogP contribution in [0.3, 0.4) is 0 Å². The first-order valence-corrected chi connectivity index (χ1v) is 4.69. The van der Waals surface area contributed by atoms with Crippen LogP contribution in [0, 0.1) is 23.7 Å². The fourth-order valence-corrected chi connectivity index (χ4v) is 1.87. The number of aliphatic hydroxyl groups is 1. The maximum atomic E-state index is 9.42. The predicted octanol–water partition coefficient (Wildman–Crippen LogP) is 2.20. The molecule has 0 spiro atoms. The molecule has 1 fully saturated rings. The lowest BCUT2D eigenvalue weighted by Crippen LogP contribution is -2.28. The van der Waals surface area contributed by atoms with Crippen molar-refractivity contribution in [1.82, 2.24) is 0 Å². The largest absolute Gasteiger partial charge is 0.380 e. The molecule has 1 aliphatic carbocycles. The highest BCUT2D eigenvalue weighted by Gasteiger charge is 2.29. The van der Waals surface area contributed by atoms with Gasteiger partial charge >= 0.3 is 0 Å². The second-order valence-electron chi connectivity index (χ2n) is 4.61. The third-order valence-corrected chi connectivity index (χ3v) is 3.00. The zero-order valence-corrected chi connectivity index (χ0v) is 8.01. The van der Waals surface area contributed by atoms with Crippen molar-refractivity contribution in [1.29, 1.82) is 0 Å². The van der Waals surface area contributed by atoms with Gasteiger partial charge in [-0.3, -0.25) is 0 Å². The average Bonchev–Trinajstić information content (AvgIpc) is 2.03. The van der Waals surface area contributed by atoms with Gasteiger partial charge in [0.05, 0.1) is 0 Å². The van der Waals surface area contributed by atoms with Crippen molar-refractivity contribution in [3.05, 3.63) is 0 Å². The van der Waals surface area contributed by atoms with Gasteiger partial charge in [-0.2, -0.15) is 0 Å². The molecule has 0 aromatic rings. The van der Waals surface area contributed by atoms with Crippen LogP contribution in [0.25, 0.3) is 0 Å². The van der Waals surface area contributed by atoms with Crippen LogP contribution in [0.5, 0.6) is 0 Å². The first kappa shape index (κ1) is 9.61. The molecule has 1 rings (SSSR count). The molecule has 1 nitrogen and oxygen atoms in total. The minimum Gasteiger partial charge on any atom is -0.380 e. The molecule has 0 aliphatic heterocycles. The fourth-order valence-electron chi connectivity index (χ4n) is 1.87. The highest BCUT2D eigenvalue weighted by atomic mass is 16.3. The van der Waals surface area contributed by atoms with E-state index in [0.29, 0.717) is 11.3 Å². The third-order valence-electron chi connectivity index (χ3n) is 3.00. The molecule has 1 N–H and O–H groups in total. The second-order valence-corrected chi connectivity index (χ2v) is 4.61. The molecule has 0 amide bonds. The zero-order chi connectivity index (χ0) is 9.19. The summed E-state index contributed by atoms with van der Waals surface area (Å²) in [6.45, 7) is 4.57. The van der Waals surface area contributed by atoms with Gasteiger partial charge in [-0.1, -0.05) is 19.8 Å². The molecule has 1 aliphatic rings. The van der Waals surface area contributed by atoms with E-state index in [4.69, 9.17) is 6.42 Å². The van der Waals surface area contributed by atoms with E-state index in [1.807, 2.05) is 0 Å². The third kappa shape index (κ3) is 2.25. The Bertz CT molecular complexity index is 178. The lowest BCUT2D eigenvalue weighted by atomic mass is 9.72. The molecule has 12 heavy (non-hydrogen) atoms. The number of hydrogen-bond donors (Lipinski definition) is 1. The number of aliphatic hydroxyl groups excluding tert-OH is 1. The van der Waals surface area contributed by atoms with Gasteiger partial charge in [-0.05, 0) is 37.0 Å². The molecular weight excluding hydrogens is 148 g/mol. The van der Waals surface area contributed by atoms with Crippen LogP contribution < -0.4 is 0 Å². The molecule has 0 saturated heterocycles. The van der Waals surface area contributed by atoms with Gasteiger partial charge in [0.15, 0.2) is 0 Å². The Labute approximate surface area is 75.2 Å². The number of rotatable bonds is 1. The summed E-state index contributed by atoms with van der Waals surface area (Å²) in [6.07, 6.45) is 9.20. The highest BCUT2D eigenvalue weighted by molar-refractivity contribution is 4.98. The van der Waals surface area contributed by atoms with Crippen molar-refractivity contribution < 1.29 is 5.11 Å². The molecule has 0 aromatic carbocycles. The van der Waals surface area contributed by atoms with Crippen LogP contribution in [0.4, 0.5) is 0 Å². The van der Waals surface area contributed by atoms with E-state index in [1.54, 1.807) is 0 Å². The summed E-state index contributed by atoms with van der Waals surface area (Å²) in [7, 11) is 0. The summed E-state index contributed by atoms with van der Waals surface area (Å²) in [6, 6.07) is 0. The summed E-state index contributed by atoms with van der Waals surface area (Å²) < 4.78 is 0. The Morgan fingerprint density at radius 2 is 1.92 bits per heavy atom. The number of terminal acetylenes is 1. The lowest BCUT2D eigenvalue weighted by molar-refractivity contribution is 0.0937. The Morgan fingerprint density at radius 1 is 1.42 bits per heavy atom. The topological polar surface area (TPSA) is 20.2 Å². The van der Waals surface area contributed by atoms with Gasteiger partial charge in [0.2, 0.25) is 0 Å². The van der Waals surface area contributed by atoms with E-state index < -0.39 is 6.10 Å². The van der Waals surface area contributed by atoms with Gasteiger partial charge in [-0.15, -0.1) is 6.42 Å². The van der Waals surface area contributed by atoms with Crippen molar-refractivity contribution in [3.63, 3.8) is 0 Å². The van der Waals surface area contributed by atoms with E-state index >= 15 is 0 Å². The SMILES string of the molecule is C#C[C@@H](O)C1CCC(C)(C)CC1. The summed E-state index contributed by atoms with van der Waals surface area (Å²) in [5.74, 6) is 2.77. The monoisotopic (exact) mass is 166 g/mol. The van der Waals surface area contributed by atoms with Crippen LogP contribution >= 0.6 is 0 Å². The minimum absolute atomic E-state index is 0.350. The van der Waals surface area contributed by atoms with E-state index in [9.17, 15) is 5.11 Å². The first-order valence-electron chi connectivity index (χ1n) is 4.69. The van der Waals surface area contributed by atoms with Gasteiger partial charge in [-0.25, -0.2) is 0 Å². The molecule has 0 unspecified atom stereocenters. The number of hydrogen-bond acceptors (Lipinski definition) is 1. The van der Waals surface area contributed by atoms with E-state index in [0.717, 1.165) is 12.8 Å². The van der Waals surface area contributed by atoms with Crippen molar-refractivity contribution >= 4 is 0 Å². The molecule has 0 bridgehead atoms. The quantitative estimate of drug-likeness (QED) is 0.592. The van der Waals surface area contributed by atoms with Crippen molar-refractivity contribution in [2.24, 2.45) is 11.3 Å². The van der Waals surface area contributed by atoms with Crippen LogP contribution in [0.2, 0.25) is 0 Å².